The third kappa shape index (κ3) is 7.52. The smallest absolute Gasteiger partial charge is 0.312 e. The Morgan fingerprint density at radius 2 is 1.90 bits per heavy atom. The van der Waals surface area contributed by atoms with E-state index in [1.54, 1.807) is 38.5 Å². The fraction of sp³-hybridized carbons (Fsp3) is 0.562. The fourth-order valence-electron chi connectivity index (χ4n) is 6.41. The molecule has 3 atom stereocenters. The largest absolute Gasteiger partial charge is 0.493 e. The van der Waals surface area contributed by atoms with Crippen molar-refractivity contribution in [1.29, 1.82) is 0 Å². The van der Waals surface area contributed by atoms with Crippen LogP contribution in [0.15, 0.2) is 42.5 Å². The number of carbonyl (C=O) groups is 2. The Bertz CT molecular complexity index is 1220. The van der Waals surface area contributed by atoms with Crippen LogP contribution < -0.4 is 25.8 Å². The molecule has 10 heteroatoms. The van der Waals surface area contributed by atoms with Crippen molar-refractivity contribution in [3.05, 3.63) is 59.4 Å². The van der Waals surface area contributed by atoms with Crippen molar-refractivity contribution in [3.8, 4) is 11.5 Å². The standard InChI is InChI=1S/C32H45FN4O5/c1-21(2)37(30(38)23-9-12-28(41-4)29(16-23)42-14-6-13-40-3)20-24-18-35-19-27(24)32(25-10-11-25,36-31(34)39)17-22-7-5-8-26(33)15-22/h5,7-9,12,15-16,21,24-25,27,35H,6,10-11,13-14,17-20H2,1-4H3,(H3,34,36,39)/t24-,27+,32?/m0/s1. The van der Waals surface area contributed by atoms with Gasteiger partial charge in [0.1, 0.15) is 5.82 Å². The van der Waals surface area contributed by atoms with E-state index in [2.05, 4.69) is 10.6 Å². The molecular weight excluding hydrogens is 539 g/mol. The molecule has 0 aromatic heterocycles. The lowest BCUT2D eigenvalue weighted by atomic mass is 9.70. The number of benzene rings is 2. The Kier molecular flexibility index (Phi) is 10.7. The summed E-state index contributed by atoms with van der Waals surface area (Å²) in [5.41, 5.74) is 6.44. The van der Waals surface area contributed by atoms with Gasteiger partial charge in [-0.1, -0.05) is 12.1 Å². The molecule has 1 unspecified atom stereocenters. The van der Waals surface area contributed by atoms with Crippen molar-refractivity contribution >= 4 is 11.9 Å². The zero-order valence-electron chi connectivity index (χ0n) is 25.2. The average Bonchev–Trinajstić information content (AvgIpc) is 3.71. The van der Waals surface area contributed by atoms with Crippen LogP contribution in [0.4, 0.5) is 9.18 Å². The van der Waals surface area contributed by atoms with Gasteiger partial charge in [0.2, 0.25) is 0 Å². The maximum atomic E-state index is 14.2. The Labute approximate surface area is 248 Å². The van der Waals surface area contributed by atoms with Gasteiger partial charge in [0.25, 0.3) is 5.91 Å². The predicted octanol–water partition coefficient (Wildman–Crippen LogP) is 4.00. The van der Waals surface area contributed by atoms with E-state index in [0.29, 0.717) is 62.8 Å². The molecule has 3 amide bonds. The van der Waals surface area contributed by atoms with E-state index in [0.717, 1.165) is 18.4 Å². The van der Waals surface area contributed by atoms with Crippen LogP contribution in [0.1, 0.15) is 49.0 Å². The van der Waals surface area contributed by atoms with Gasteiger partial charge in [-0.3, -0.25) is 4.79 Å². The number of nitrogens with zero attached hydrogens (tertiary/aromatic N) is 1. The average molecular weight is 585 g/mol. The number of hydrogen-bond acceptors (Lipinski definition) is 6. The SMILES string of the molecule is COCCCOc1cc(C(=O)N(C[C@@H]2CNC[C@H]2C(Cc2cccc(F)c2)(NC(N)=O)C2CC2)C(C)C)ccc1OC. The topological polar surface area (TPSA) is 115 Å². The highest BCUT2D eigenvalue weighted by molar-refractivity contribution is 5.95. The molecule has 1 heterocycles. The van der Waals surface area contributed by atoms with E-state index in [9.17, 15) is 14.0 Å². The number of primary amides is 1. The van der Waals surface area contributed by atoms with Gasteiger partial charge >= 0.3 is 6.03 Å². The van der Waals surface area contributed by atoms with Gasteiger partial charge in [0, 0.05) is 57.3 Å². The molecule has 1 aliphatic heterocycles. The first-order valence-corrected chi connectivity index (χ1v) is 14.8. The third-order valence-corrected chi connectivity index (χ3v) is 8.53. The van der Waals surface area contributed by atoms with Gasteiger partial charge in [0.05, 0.1) is 19.3 Å². The number of urea groups is 1. The lowest BCUT2D eigenvalue weighted by Crippen LogP contribution is -2.61. The highest BCUT2D eigenvalue weighted by Crippen LogP contribution is 2.48. The van der Waals surface area contributed by atoms with Crippen molar-refractivity contribution in [2.24, 2.45) is 23.5 Å². The molecular formula is C32H45FN4O5. The zero-order chi connectivity index (χ0) is 30.3. The van der Waals surface area contributed by atoms with Crippen LogP contribution in [0.3, 0.4) is 0 Å². The monoisotopic (exact) mass is 584 g/mol. The minimum Gasteiger partial charge on any atom is -0.493 e. The molecule has 4 rings (SSSR count). The number of nitrogens with two attached hydrogens (primary N) is 1. The number of halogens is 1. The van der Waals surface area contributed by atoms with E-state index in [-0.39, 0.29) is 35.5 Å². The van der Waals surface area contributed by atoms with Gasteiger partial charge in [0.15, 0.2) is 11.5 Å². The molecule has 230 valence electrons. The maximum Gasteiger partial charge on any atom is 0.312 e. The highest BCUT2D eigenvalue weighted by Gasteiger charge is 2.54. The first kappa shape index (κ1) is 31.6. The Hall–Kier alpha value is -3.37. The number of amides is 3. The number of rotatable bonds is 15. The second kappa shape index (κ2) is 14.2. The van der Waals surface area contributed by atoms with Crippen LogP contribution in [-0.4, -0.2) is 75.5 Å². The molecule has 0 bridgehead atoms. The first-order chi connectivity index (χ1) is 20.2. The Morgan fingerprint density at radius 3 is 2.55 bits per heavy atom. The van der Waals surface area contributed by atoms with Crippen molar-refractivity contribution < 1.29 is 28.2 Å². The summed E-state index contributed by atoms with van der Waals surface area (Å²) in [5, 5.41) is 6.65. The minimum absolute atomic E-state index is 0.00892. The van der Waals surface area contributed by atoms with Crippen LogP contribution in [0.5, 0.6) is 11.5 Å². The number of hydrogen-bond donors (Lipinski definition) is 3. The fourth-order valence-corrected chi connectivity index (χ4v) is 6.41. The van der Waals surface area contributed by atoms with Crippen LogP contribution >= 0.6 is 0 Å². The summed E-state index contributed by atoms with van der Waals surface area (Å²) in [7, 11) is 3.22. The van der Waals surface area contributed by atoms with Crippen molar-refractivity contribution in [2.75, 3.05) is 47.1 Å². The summed E-state index contributed by atoms with van der Waals surface area (Å²) >= 11 is 0. The second-order valence-electron chi connectivity index (χ2n) is 11.7. The van der Waals surface area contributed by atoms with Crippen LogP contribution in [0.2, 0.25) is 0 Å². The lowest BCUT2D eigenvalue weighted by Gasteiger charge is -2.44. The Balaban J connectivity index is 1.59. The number of carbonyl (C=O) groups excluding carboxylic acids is 2. The summed E-state index contributed by atoms with van der Waals surface area (Å²) < 4.78 is 30.7. The normalized spacial score (nSPS) is 19.8. The molecule has 9 nitrogen and oxygen atoms in total. The van der Waals surface area contributed by atoms with E-state index < -0.39 is 11.6 Å². The first-order valence-electron chi connectivity index (χ1n) is 14.8. The molecule has 2 fully saturated rings. The third-order valence-electron chi connectivity index (χ3n) is 8.53. The van der Waals surface area contributed by atoms with E-state index >= 15 is 0 Å². The molecule has 1 saturated carbocycles. The molecule has 0 radical (unpaired) electrons. The Morgan fingerprint density at radius 1 is 1.12 bits per heavy atom. The molecule has 1 aliphatic carbocycles. The molecule has 2 aliphatic rings. The summed E-state index contributed by atoms with van der Waals surface area (Å²) in [6.07, 6.45) is 3.11. The molecule has 2 aromatic rings. The molecule has 42 heavy (non-hydrogen) atoms. The summed E-state index contributed by atoms with van der Waals surface area (Å²) in [5.74, 6) is 0.913. The number of ether oxygens (including phenoxy) is 3. The van der Waals surface area contributed by atoms with Crippen molar-refractivity contribution in [3.63, 3.8) is 0 Å². The van der Waals surface area contributed by atoms with Gasteiger partial charge in [-0.25, -0.2) is 9.18 Å². The molecule has 2 aromatic carbocycles. The van der Waals surface area contributed by atoms with Crippen LogP contribution in [0.25, 0.3) is 0 Å². The predicted molar refractivity (Wildman–Crippen MR) is 159 cm³/mol. The second-order valence-corrected chi connectivity index (χ2v) is 11.7. The van der Waals surface area contributed by atoms with Crippen LogP contribution in [-0.2, 0) is 11.2 Å². The van der Waals surface area contributed by atoms with E-state index in [1.807, 2.05) is 24.8 Å². The molecule has 0 spiro atoms. The maximum absolute atomic E-state index is 14.2. The van der Waals surface area contributed by atoms with Gasteiger partial charge in [-0.15, -0.1) is 0 Å². The lowest BCUT2D eigenvalue weighted by molar-refractivity contribution is 0.0613. The van der Waals surface area contributed by atoms with Crippen molar-refractivity contribution in [1.82, 2.24) is 15.5 Å². The minimum atomic E-state index is -0.650. The zero-order valence-corrected chi connectivity index (χ0v) is 25.2. The summed E-state index contributed by atoms with van der Waals surface area (Å²) in [6, 6.07) is 11.1. The molecule has 1 saturated heterocycles. The summed E-state index contributed by atoms with van der Waals surface area (Å²) in [6.45, 7) is 6.86. The quantitative estimate of drug-likeness (QED) is 0.273. The number of nitrogens with one attached hydrogen (secondary N) is 2. The summed E-state index contributed by atoms with van der Waals surface area (Å²) in [4.78, 5) is 28.3. The van der Waals surface area contributed by atoms with Gasteiger partial charge in [-0.2, -0.15) is 0 Å². The molecule has 4 N–H and O–H groups in total. The van der Waals surface area contributed by atoms with Crippen LogP contribution in [0, 0.1) is 23.6 Å². The van der Waals surface area contributed by atoms with Crippen molar-refractivity contribution in [2.45, 2.75) is 51.1 Å². The van der Waals surface area contributed by atoms with Gasteiger partial charge < -0.3 is 35.5 Å². The van der Waals surface area contributed by atoms with E-state index in [4.69, 9.17) is 19.9 Å². The van der Waals surface area contributed by atoms with Gasteiger partial charge in [-0.05, 0) is 80.8 Å². The number of methoxy groups -OCH3 is 2. The van der Waals surface area contributed by atoms with E-state index in [1.165, 1.54) is 12.1 Å². The highest BCUT2D eigenvalue weighted by atomic mass is 19.1.